The van der Waals surface area contributed by atoms with Gasteiger partial charge in [0.25, 0.3) is 10.0 Å². The number of nitrogens with one attached hydrogen (secondary N) is 1. The maximum absolute atomic E-state index is 13.3. The van der Waals surface area contributed by atoms with Crippen LogP contribution in [0.5, 0.6) is 0 Å². The second-order valence-corrected chi connectivity index (χ2v) is 11.9. The van der Waals surface area contributed by atoms with Crippen molar-refractivity contribution >= 4 is 39.1 Å². The number of hydrogen-bond acceptors (Lipinski definition) is 4. The first-order chi connectivity index (χ1) is 15.8. The summed E-state index contributed by atoms with van der Waals surface area (Å²) in [4.78, 5) is 14.1. The highest BCUT2D eigenvalue weighted by atomic mass is 32.2. The van der Waals surface area contributed by atoms with Gasteiger partial charge in [0, 0.05) is 22.4 Å². The molecule has 5 nitrogen and oxygen atoms in total. The Morgan fingerprint density at radius 3 is 2.45 bits per heavy atom. The average molecular weight is 481 g/mol. The number of carbonyl (C=O) groups is 1. The summed E-state index contributed by atoms with van der Waals surface area (Å²) in [6, 6.07) is 22.0. The van der Waals surface area contributed by atoms with Crippen molar-refractivity contribution in [1.82, 2.24) is 0 Å². The van der Waals surface area contributed by atoms with Gasteiger partial charge in [0.05, 0.1) is 17.0 Å². The fourth-order valence-electron chi connectivity index (χ4n) is 3.94. The molecule has 3 aromatic rings. The van der Waals surface area contributed by atoms with Gasteiger partial charge in [0.1, 0.15) is 0 Å². The van der Waals surface area contributed by atoms with Crippen LogP contribution in [-0.2, 0) is 27.7 Å². The van der Waals surface area contributed by atoms with Gasteiger partial charge < -0.3 is 5.32 Å². The molecule has 1 amide bonds. The van der Waals surface area contributed by atoms with E-state index >= 15 is 0 Å². The average Bonchev–Trinajstić information content (AvgIpc) is 2.80. The summed E-state index contributed by atoms with van der Waals surface area (Å²) in [5, 5.41) is 3.44. The maximum atomic E-state index is 13.3. The van der Waals surface area contributed by atoms with E-state index in [0.29, 0.717) is 23.2 Å². The molecule has 0 bridgehead atoms. The Bertz CT molecular complexity index is 1220. The number of sulfonamides is 1. The summed E-state index contributed by atoms with van der Waals surface area (Å²) in [6.45, 7) is 4.72. The van der Waals surface area contributed by atoms with Crippen LogP contribution in [0.3, 0.4) is 0 Å². The van der Waals surface area contributed by atoms with Gasteiger partial charge in [-0.1, -0.05) is 50.2 Å². The van der Waals surface area contributed by atoms with Crippen molar-refractivity contribution in [3.8, 4) is 0 Å². The quantitative estimate of drug-likeness (QED) is 0.453. The Labute approximate surface area is 200 Å². The lowest BCUT2D eigenvalue weighted by Gasteiger charge is -2.31. The van der Waals surface area contributed by atoms with Crippen LogP contribution in [0, 0.1) is 0 Å². The van der Waals surface area contributed by atoms with Crippen molar-refractivity contribution in [3.05, 3.63) is 83.9 Å². The molecular weight excluding hydrogens is 452 g/mol. The molecule has 1 aliphatic heterocycles. The third-order valence-electron chi connectivity index (χ3n) is 5.44. The molecule has 7 heteroatoms. The lowest BCUT2D eigenvalue weighted by atomic mass is 10.0. The summed E-state index contributed by atoms with van der Waals surface area (Å²) >= 11 is 1.79. The van der Waals surface area contributed by atoms with Gasteiger partial charge in [-0.25, -0.2) is 8.42 Å². The van der Waals surface area contributed by atoms with E-state index in [1.165, 1.54) is 9.20 Å². The highest BCUT2D eigenvalue weighted by Gasteiger charge is 2.29. The molecule has 0 saturated heterocycles. The molecule has 0 unspecified atom stereocenters. The monoisotopic (exact) mass is 480 g/mol. The molecule has 1 N–H and O–H groups in total. The van der Waals surface area contributed by atoms with Crippen LogP contribution < -0.4 is 9.62 Å². The van der Waals surface area contributed by atoms with Crippen molar-refractivity contribution in [2.24, 2.45) is 0 Å². The molecule has 0 aromatic heterocycles. The number of thioether (sulfide) groups is 1. The van der Waals surface area contributed by atoms with E-state index in [1.807, 2.05) is 36.4 Å². The van der Waals surface area contributed by atoms with Crippen molar-refractivity contribution in [3.63, 3.8) is 0 Å². The van der Waals surface area contributed by atoms with Crippen LogP contribution in [0.4, 0.5) is 11.4 Å². The van der Waals surface area contributed by atoms with E-state index in [-0.39, 0.29) is 17.2 Å². The van der Waals surface area contributed by atoms with Crippen LogP contribution in [0.1, 0.15) is 31.4 Å². The highest BCUT2D eigenvalue weighted by Crippen LogP contribution is 2.34. The lowest BCUT2D eigenvalue weighted by Crippen LogP contribution is -2.35. The first-order valence-electron chi connectivity index (χ1n) is 11.1. The maximum Gasteiger partial charge on any atom is 0.264 e. The van der Waals surface area contributed by atoms with Gasteiger partial charge in [0.2, 0.25) is 5.91 Å². The number of rotatable bonds is 7. The molecule has 4 rings (SSSR count). The van der Waals surface area contributed by atoms with Gasteiger partial charge in [-0.15, -0.1) is 11.8 Å². The Morgan fingerprint density at radius 1 is 1.03 bits per heavy atom. The lowest BCUT2D eigenvalue weighted by molar-refractivity contribution is -0.115. The van der Waals surface area contributed by atoms with Crippen LogP contribution in [-0.4, -0.2) is 26.1 Å². The van der Waals surface area contributed by atoms with E-state index in [2.05, 4.69) is 19.2 Å². The first kappa shape index (κ1) is 23.4. The molecule has 0 spiro atoms. The minimum atomic E-state index is -3.66. The zero-order chi connectivity index (χ0) is 23.4. The third kappa shape index (κ3) is 5.60. The number of hydrogen-bond donors (Lipinski definition) is 1. The Balaban J connectivity index is 1.50. The summed E-state index contributed by atoms with van der Waals surface area (Å²) in [5.41, 5.74) is 3.14. The zero-order valence-electron chi connectivity index (χ0n) is 18.8. The SMILES string of the molecule is CC(C)Sc1ccc(CC(=O)Nc2ccc3c(c2)N(S(=O)(=O)c2ccccc2)CCC3)cc1. The molecule has 3 aromatic carbocycles. The standard InChI is InChI=1S/C26H28N2O3S2/c1-19(2)32-23-14-10-20(11-15-23)17-26(29)27-22-13-12-21-7-6-16-28(25(21)18-22)33(30,31)24-8-4-3-5-9-24/h3-5,8-15,18-19H,6-7,16-17H2,1-2H3,(H,27,29). The summed E-state index contributed by atoms with van der Waals surface area (Å²) in [7, 11) is -3.66. The van der Waals surface area contributed by atoms with E-state index in [1.54, 1.807) is 48.2 Å². The largest absolute Gasteiger partial charge is 0.326 e. The fraction of sp³-hybridized carbons (Fsp3) is 0.269. The normalized spacial score (nSPS) is 13.6. The smallest absolute Gasteiger partial charge is 0.264 e. The van der Waals surface area contributed by atoms with E-state index in [4.69, 9.17) is 0 Å². The molecule has 0 atom stereocenters. The topological polar surface area (TPSA) is 66.5 Å². The van der Waals surface area contributed by atoms with Gasteiger partial charge in [-0.3, -0.25) is 9.10 Å². The molecule has 33 heavy (non-hydrogen) atoms. The predicted molar refractivity (Wildman–Crippen MR) is 136 cm³/mol. The van der Waals surface area contributed by atoms with Crippen LogP contribution >= 0.6 is 11.8 Å². The van der Waals surface area contributed by atoms with Crippen LogP contribution in [0.2, 0.25) is 0 Å². The van der Waals surface area contributed by atoms with Gasteiger partial charge in [-0.05, 0) is 60.4 Å². The highest BCUT2D eigenvalue weighted by molar-refractivity contribution is 7.99. The number of anilines is 2. The summed E-state index contributed by atoms with van der Waals surface area (Å²) in [5.74, 6) is -0.132. The molecule has 172 valence electrons. The molecule has 0 saturated carbocycles. The number of nitrogens with zero attached hydrogens (tertiary/aromatic N) is 1. The second-order valence-electron chi connectivity index (χ2n) is 8.37. The van der Waals surface area contributed by atoms with E-state index < -0.39 is 10.0 Å². The van der Waals surface area contributed by atoms with Crippen molar-refractivity contribution in [2.75, 3.05) is 16.2 Å². The number of fused-ring (bicyclic) bond motifs is 1. The third-order valence-corrected chi connectivity index (χ3v) is 8.28. The number of aryl methyl sites for hydroxylation is 1. The Hall–Kier alpha value is -2.77. The summed E-state index contributed by atoms with van der Waals surface area (Å²) < 4.78 is 28.0. The van der Waals surface area contributed by atoms with Crippen molar-refractivity contribution in [2.45, 2.75) is 48.2 Å². The van der Waals surface area contributed by atoms with E-state index in [9.17, 15) is 13.2 Å². The van der Waals surface area contributed by atoms with Gasteiger partial charge >= 0.3 is 0 Å². The number of amides is 1. The number of benzene rings is 3. The molecule has 1 aliphatic rings. The number of carbonyl (C=O) groups excluding carboxylic acids is 1. The fourth-order valence-corrected chi connectivity index (χ4v) is 6.33. The van der Waals surface area contributed by atoms with Gasteiger partial charge in [0.15, 0.2) is 0 Å². The first-order valence-corrected chi connectivity index (χ1v) is 13.4. The van der Waals surface area contributed by atoms with E-state index in [0.717, 1.165) is 24.0 Å². The van der Waals surface area contributed by atoms with Crippen molar-refractivity contribution < 1.29 is 13.2 Å². The molecule has 0 aliphatic carbocycles. The van der Waals surface area contributed by atoms with Gasteiger partial charge in [-0.2, -0.15) is 0 Å². The zero-order valence-corrected chi connectivity index (χ0v) is 20.5. The van der Waals surface area contributed by atoms with Crippen molar-refractivity contribution in [1.29, 1.82) is 0 Å². The second kappa shape index (κ2) is 10.0. The van der Waals surface area contributed by atoms with Crippen LogP contribution in [0.25, 0.3) is 0 Å². The molecular formula is C26H28N2O3S2. The molecule has 0 fully saturated rings. The Kier molecular flexibility index (Phi) is 7.10. The summed E-state index contributed by atoms with van der Waals surface area (Å²) in [6.07, 6.45) is 1.83. The minimum Gasteiger partial charge on any atom is -0.326 e. The minimum absolute atomic E-state index is 0.132. The molecule has 1 heterocycles. The van der Waals surface area contributed by atoms with Crippen LogP contribution in [0.15, 0.2) is 82.6 Å². The Morgan fingerprint density at radius 2 is 1.76 bits per heavy atom. The molecule has 0 radical (unpaired) electrons. The predicted octanol–water partition coefficient (Wildman–Crippen LogP) is 5.51.